The molecule has 0 aliphatic carbocycles. The Morgan fingerprint density at radius 3 is 2.65 bits per heavy atom. The first-order valence-corrected chi connectivity index (χ1v) is 8.69. The van der Waals surface area contributed by atoms with Crippen LogP contribution in [0, 0.1) is 0 Å². The maximum absolute atomic E-state index is 12.5. The average Bonchev–Trinajstić information content (AvgIpc) is 3.28. The summed E-state index contributed by atoms with van der Waals surface area (Å²) in [4.78, 5) is 17.1. The summed E-state index contributed by atoms with van der Waals surface area (Å²) in [5, 5.41) is 3.00. The molecule has 3 aromatic heterocycles. The Hall–Kier alpha value is -3.34. The Morgan fingerprint density at radius 2 is 1.81 bits per heavy atom. The number of carbonyl (C=O) groups excluding carboxylic acids is 1. The highest BCUT2D eigenvalue weighted by Gasteiger charge is 2.11. The van der Waals surface area contributed by atoms with Crippen LogP contribution in [0.2, 0.25) is 0 Å². The Morgan fingerprint density at radius 1 is 0.962 bits per heavy atom. The zero-order valence-corrected chi connectivity index (χ0v) is 14.4. The Bertz CT molecular complexity index is 984. The van der Waals surface area contributed by atoms with E-state index in [0.29, 0.717) is 25.2 Å². The van der Waals surface area contributed by atoms with Gasteiger partial charge in [0.05, 0.1) is 5.69 Å². The van der Waals surface area contributed by atoms with Crippen molar-refractivity contribution >= 4 is 11.6 Å². The van der Waals surface area contributed by atoms with E-state index in [-0.39, 0.29) is 5.91 Å². The van der Waals surface area contributed by atoms with Gasteiger partial charge in [0.15, 0.2) is 0 Å². The molecule has 0 aliphatic rings. The van der Waals surface area contributed by atoms with Crippen LogP contribution in [0.25, 0.3) is 5.65 Å². The van der Waals surface area contributed by atoms with Gasteiger partial charge in [-0.1, -0.05) is 36.4 Å². The van der Waals surface area contributed by atoms with Gasteiger partial charge >= 0.3 is 0 Å². The van der Waals surface area contributed by atoms with Gasteiger partial charge in [-0.25, -0.2) is 4.98 Å². The second-order valence-corrected chi connectivity index (χ2v) is 6.21. The number of benzene rings is 1. The van der Waals surface area contributed by atoms with Crippen molar-refractivity contribution < 1.29 is 4.79 Å². The van der Waals surface area contributed by atoms with Crippen LogP contribution in [0.5, 0.6) is 0 Å². The first-order valence-electron chi connectivity index (χ1n) is 8.69. The van der Waals surface area contributed by atoms with Crippen molar-refractivity contribution in [2.75, 3.05) is 6.54 Å². The van der Waals surface area contributed by atoms with Gasteiger partial charge in [0.25, 0.3) is 5.91 Å². The van der Waals surface area contributed by atoms with Crippen molar-refractivity contribution in [1.29, 1.82) is 0 Å². The van der Waals surface area contributed by atoms with Crippen LogP contribution in [0.1, 0.15) is 21.7 Å². The zero-order valence-electron chi connectivity index (χ0n) is 14.4. The van der Waals surface area contributed by atoms with Crippen LogP contribution >= 0.6 is 0 Å². The summed E-state index contributed by atoms with van der Waals surface area (Å²) in [6, 6.07) is 19.8. The summed E-state index contributed by atoms with van der Waals surface area (Å²) < 4.78 is 3.96. The lowest BCUT2D eigenvalue weighted by atomic mass is 10.2. The number of hydrogen-bond donors (Lipinski definition) is 1. The molecule has 1 aromatic carbocycles. The van der Waals surface area contributed by atoms with Gasteiger partial charge in [-0.2, -0.15) is 0 Å². The summed E-state index contributed by atoms with van der Waals surface area (Å²) in [5.74, 6) is -0.0605. The molecule has 0 spiro atoms. The SMILES string of the molecule is O=C(NCCc1cn2ccccc2n1)c1cccn1Cc1ccccc1. The van der Waals surface area contributed by atoms with Crippen LogP contribution in [0.4, 0.5) is 0 Å². The number of imidazole rings is 1. The highest BCUT2D eigenvalue weighted by molar-refractivity contribution is 5.92. The van der Waals surface area contributed by atoms with Gasteiger partial charge in [0, 0.05) is 38.1 Å². The lowest BCUT2D eigenvalue weighted by Crippen LogP contribution is -2.28. The second-order valence-electron chi connectivity index (χ2n) is 6.21. The molecule has 0 saturated carbocycles. The molecule has 130 valence electrons. The molecule has 3 heterocycles. The minimum atomic E-state index is -0.0605. The second kappa shape index (κ2) is 7.27. The third-order valence-corrected chi connectivity index (χ3v) is 4.34. The summed E-state index contributed by atoms with van der Waals surface area (Å²) in [5.41, 5.74) is 3.73. The van der Waals surface area contributed by atoms with Crippen LogP contribution in [-0.4, -0.2) is 26.4 Å². The number of amides is 1. The number of rotatable bonds is 6. The molecule has 1 N–H and O–H groups in total. The van der Waals surface area contributed by atoms with Crippen LogP contribution in [0.15, 0.2) is 79.3 Å². The van der Waals surface area contributed by atoms with Crippen molar-refractivity contribution in [2.24, 2.45) is 0 Å². The third-order valence-electron chi connectivity index (χ3n) is 4.34. The number of aromatic nitrogens is 3. The standard InChI is InChI=1S/C21H20N4O/c26-21(19-9-6-14-24(19)15-17-7-2-1-3-8-17)22-12-11-18-16-25-13-5-4-10-20(25)23-18/h1-10,13-14,16H,11-12,15H2,(H,22,26). The van der Waals surface area contributed by atoms with Crippen molar-refractivity contribution in [1.82, 2.24) is 19.3 Å². The molecule has 26 heavy (non-hydrogen) atoms. The van der Waals surface area contributed by atoms with Crippen molar-refractivity contribution in [2.45, 2.75) is 13.0 Å². The van der Waals surface area contributed by atoms with Crippen LogP contribution in [-0.2, 0) is 13.0 Å². The summed E-state index contributed by atoms with van der Waals surface area (Å²) >= 11 is 0. The molecule has 5 nitrogen and oxygen atoms in total. The zero-order chi connectivity index (χ0) is 17.8. The Labute approximate surface area is 151 Å². The molecule has 0 fully saturated rings. The van der Waals surface area contributed by atoms with Gasteiger partial charge in [-0.3, -0.25) is 4.79 Å². The van der Waals surface area contributed by atoms with E-state index < -0.39 is 0 Å². The number of carbonyl (C=O) groups is 1. The fraction of sp³-hybridized carbons (Fsp3) is 0.143. The summed E-state index contributed by atoms with van der Waals surface area (Å²) in [6.07, 6.45) is 6.61. The average molecular weight is 344 g/mol. The van der Waals surface area contributed by atoms with Crippen molar-refractivity contribution in [3.63, 3.8) is 0 Å². The first kappa shape index (κ1) is 16.1. The largest absolute Gasteiger partial charge is 0.350 e. The number of nitrogens with one attached hydrogen (secondary N) is 1. The first-order chi connectivity index (χ1) is 12.8. The van der Waals surface area contributed by atoms with E-state index in [2.05, 4.69) is 22.4 Å². The maximum Gasteiger partial charge on any atom is 0.267 e. The minimum absolute atomic E-state index is 0.0605. The number of fused-ring (bicyclic) bond motifs is 1. The molecular weight excluding hydrogens is 324 g/mol. The number of hydrogen-bond acceptors (Lipinski definition) is 2. The fourth-order valence-electron chi connectivity index (χ4n) is 3.04. The summed E-state index contributed by atoms with van der Waals surface area (Å²) in [7, 11) is 0. The van der Waals surface area contributed by atoms with E-state index in [4.69, 9.17) is 0 Å². The molecular formula is C21H20N4O. The maximum atomic E-state index is 12.5. The molecule has 0 bridgehead atoms. The Balaban J connectivity index is 1.37. The van der Waals surface area contributed by atoms with Gasteiger partial charge in [0.1, 0.15) is 11.3 Å². The molecule has 0 aliphatic heterocycles. The predicted octanol–water partition coefficient (Wildman–Crippen LogP) is 3.16. The van der Waals surface area contributed by atoms with Gasteiger partial charge in [-0.05, 0) is 29.8 Å². The molecule has 4 rings (SSSR count). The highest BCUT2D eigenvalue weighted by Crippen LogP contribution is 2.08. The molecule has 0 unspecified atom stereocenters. The molecule has 0 atom stereocenters. The van der Waals surface area contributed by atoms with E-state index in [0.717, 1.165) is 11.3 Å². The molecule has 0 radical (unpaired) electrons. The number of nitrogens with zero attached hydrogens (tertiary/aromatic N) is 3. The van der Waals surface area contributed by atoms with Crippen molar-refractivity contribution in [3.8, 4) is 0 Å². The quantitative estimate of drug-likeness (QED) is 0.584. The predicted molar refractivity (Wildman–Crippen MR) is 101 cm³/mol. The Kier molecular flexibility index (Phi) is 4.51. The normalized spacial score (nSPS) is 10.9. The van der Waals surface area contributed by atoms with Crippen LogP contribution < -0.4 is 5.32 Å². The third kappa shape index (κ3) is 3.52. The number of pyridine rings is 1. The van der Waals surface area contributed by atoms with E-state index in [9.17, 15) is 4.79 Å². The van der Waals surface area contributed by atoms with E-state index in [1.165, 1.54) is 5.56 Å². The molecule has 5 heteroatoms. The minimum Gasteiger partial charge on any atom is -0.350 e. The van der Waals surface area contributed by atoms with Crippen molar-refractivity contribution in [3.05, 3.63) is 96.2 Å². The summed E-state index contributed by atoms with van der Waals surface area (Å²) in [6.45, 7) is 1.24. The van der Waals surface area contributed by atoms with Gasteiger partial charge in [0.2, 0.25) is 0 Å². The van der Waals surface area contributed by atoms with E-state index in [1.807, 2.05) is 76.1 Å². The molecule has 1 amide bonds. The fourth-order valence-corrected chi connectivity index (χ4v) is 3.04. The lowest BCUT2D eigenvalue weighted by Gasteiger charge is -2.09. The monoisotopic (exact) mass is 344 g/mol. The highest BCUT2D eigenvalue weighted by atomic mass is 16.1. The van der Waals surface area contributed by atoms with Gasteiger partial charge in [-0.15, -0.1) is 0 Å². The van der Waals surface area contributed by atoms with E-state index >= 15 is 0 Å². The van der Waals surface area contributed by atoms with Crippen LogP contribution in [0.3, 0.4) is 0 Å². The molecule has 0 saturated heterocycles. The smallest absolute Gasteiger partial charge is 0.267 e. The van der Waals surface area contributed by atoms with E-state index in [1.54, 1.807) is 0 Å². The van der Waals surface area contributed by atoms with Gasteiger partial charge < -0.3 is 14.3 Å². The lowest BCUT2D eigenvalue weighted by molar-refractivity contribution is 0.0945. The topological polar surface area (TPSA) is 51.3 Å². The molecule has 4 aromatic rings.